The van der Waals surface area contributed by atoms with E-state index in [4.69, 9.17) is 36.3 Å². The molecule has 0 saturated heterocycles. The minimum atomic E-state index is -0.128. The third kappa shape index (κ3) is 4.99. The van der Waals surface area contributed by atoms with E-state index in [0.29, 0.717) is 23.0 Å². The Morgan fingerprint density at radius 2 is 1.77 bits per heavy atom. The molecule has 0 radical (unpaired) electrons. The predicted molar refractivity (Wildman–Crippen MR) is 122 cm³/mol. The second kappa shape index (κ2) is 9.28. The molecule has 2 N–H and O–H groups in total. The maximum atomic E-state index is 8.16. The molecule has 0 atom stereocenters. The number of halogens is 1. The summed E-state index contributed by atoms with van der Waals surface area (Å²) in [7, 11) is 0. The lowest BCUT2D eigenvalue weighted by atomic mass is 10.0. The summed E-state index contributed by atoms with van der Waals surface area (Å²) in [5.41, 5.74) is 4.47. The fourth-order valence-corrected chi connectivity index (χ4v) is 3.12. The van der Waals surface area contributed by atoms with Gasteiger partial charge >= 0.3 is 0 Å². The van der Waals surface area contributed by atoms with Gasteiger partial charge in [-0.1, -0.05) is 35.9 Å². The molecule has 2 aromatic heterocycles. The minimum absolute atomic E-state index is 0.128. The Balaban J connectivity index is 1.52. The van der Waals surface area contributed by atoms with Crippen LogP contribution in [0.2, 0.25) is 5.02 Å². The minimum Gasteiger partial charge on any atom is -0.487 e. The maximum Gasteiger partial charge on any atom is 0.221 e. The van der Waals surface area contributed by atoms with E-state index in [1.165, 1.54) is 0 Å². The van der Waals surface area contributed by atoms with E-state index in [1.807, 2.05) is 60.7 Å². The number of rotatable bonds is 7. The van der Waals surface area contributed by atoms with E-state index in [1.54, 1.807) is 18.4 Å². The lowest BCUT2D eigenvalue weighted by Crippen LogP contribution is -2.05. The zero-order valence-electron chi connectivity index (χ0n) is 16.3. The molecule has 7 heteroatoms. The zero-order chi connectivity index (χ0) is 21.6. The number of furan rings is 1. The number of benzene rings is 2. The monoisotopic (exact) mass is 431 g/mol. The summed E-state index contributed by atoms with van der Waals surface area (Å²) in [4.78, 5) is 4.49. The van der Waals surface area contributed by atoms with Crippen LogP contribution >= 0.6 is 11.6 Å². The summed E-state index contributed by atoms with van der Waals surface area (Å²) in [6.07, 6.45) is 4.15. The summed E-state index contributed by atoms with van der Waals surface area (Å²) < 4.78 is 16.1. The Morgan fingerprint density at radius 3 is 2.52 bits per heavy atom. The molecule has 0 spiro atoms. The normalized spacial score (nSPS) is 11.3. The van der Waals surface area contributed by atoms with Crippen LogP contribution in [-0.4, -0.2) is 17.3 Å². The Kier molecular flexibility index (Phi) is 6.10. The first-order chi connectivity index (χ1) is 15.1. The summed E-state index contributed by atoms with van der Waals surface area (Å²) in [6.45, 7) is 0.320. The molecule has 0 aliphatic heterocycles. The molecule has 2 heterocycles. The zero-order valence-corrected chi connectivity index (χ0v) is 17.1. The molecule has 0 unspecified atom stereocenters. The molecule has 6 nitrogen and oxygen atoms in total. The lowest BCUT2D eigenvalue weighted by Gasteiger charge is -2.10. The van der Waals surface area contributed by atoms with Crippen molar-refractivity contribution in [3.05, 3.63) is 94.8 Å². The van der Waals surface area contributed by atoms with Crippen LogP contribution in [0.4, 0.5) is 0 Å². The van der Waals surface area contributed by atoms with Gasteiger partial charge in [0.2, 0.25) is 5.90 Å². The van der Waals surface area contributed by atoms with Crippen molar-refractivity contribution in [1.29, 1.82) is 10.8 Å². The summed E-state index contributed by atoms with van der Waals surface area (Å²) in [5.74, 6) is 0.541. The van der Waals surface area contributed by atoms with Gasteiger partial charge in [0, 0.05) is 16.7 Å². The molecular formula is C24H18ClN3O3. The Labute approximate surface area is 183 Å². The average Bonchev–Trinajstić information content (AvgIpc) is 3.26. The van der Waals surface area contributed by atoms with E-state index in [0.717, 1.165) is 34.3 Å². The van der Waals surface area contributed by atoms with Gasteiger partial charge in [-0.05, 0) is 53.6 Å². The Hall–Kier alpha value is -3.90. The highest BCUT2D eigenvalue weighted by Crippen LogP contribution is 2.24. The third-order valence-corrected chi connectivity index (χ3v) is 4.77. The van der Waals surface area contributed by atoms with Crippen LogP contribution in [0.5, 0.6) is 5.75 Å². The molecule has 0 amide bonds. The molecule has 0 bridgehead atoms. The molecule has 0 fully saturated rings. The molecule has 154 valence electrons. The molecule has 31 heavy (non-hydrogen) atoms. The topological polar surface area (TPSA) is 92.2 Å². The standard InChI is InChI=1S/C24H18ClN3O3/c25-18-5-1-16(2-6-18)13-21(24(27)31-15-26)17-3-8-20(9-4-17)30-14-19-7-10-23-22(28-19)11-12-29-23/h1-13,15,26-27H,14H2. The number of nitrogens with one attached hydrogen (secondary N) is 2. The lowest BCUT2D eigenvalue weighted by molar-refractivity contribution is 0.302. The van der Waals surface area contributed by atoms with Crippen molar-refractivity contribution in [2.45, 2.75) is 6.61 Å². The van der Waals surface area contributed by atoms with Crippen molar-refractivity contribution in [3.63, 3.8) is 0 Å². The first-order valence-electron chi connectivity index (χ1n) is 9.40. The van der Waals surface area contributed by atoms with Crippen LogP contribution < -0.4 is 4.74 Å². The highest BCUT2D eigenvalue weighted by Gasteiger charge is 2.11. The van der Waals surface area contributed by atoms with Crippen molar-refractivity contribution in [2.24, 2.45) is 0 Å². The fourth-order valence-electron chi connectivity index (χ4n) is 2.99. The smallest absolute Gasteiger partial charge is 0.221 e. The van der Waals surface area contributed by atoms with Crippen molar-refractivity contribution in [3.8, 4) is 5.75 Å². The van der Waals surface area contributed by atoms with Gasteiger partial charge in [-0.25, -0.2) is 4.98 Å². The largest absolute Gasteiger partial charge is 0.487 e. The van der Waals surface area contributed by atoms with Crippen LogP contribution in [0.3, 0.4) is 0 Å². The van der Waals surface area contributed by atoms with Gasteiger partial charge in [-0.3, -0.25) is 10.8 Å². The molecular weight excluding hydrogens is 414 g/mol. The number of hydrogen-bond acceptors (Lipinski definition) is 6. The number of fused-ring (bicyclic) bond motifs is 1. The molecule has 4 aromatic rings. The quantitative estimate of drug-likeness (QED) is 0.207. The van der Waals surface area contributed by atoms with Crippen molar-refractivity contribution < 1.29 is 13.9 Å². The predicted octanol–water partition coefficient (Wildman–Crippen LogP) is 6.20. The molecule has 0 aliphatic carbocycles. The van der Waals surface area contributed by atoms with Gasteiger partial charge < -0.3 is 13.9 Å². The second-order valence-electron chi connectivity index (χ2n) is 6.59. The Bertz CT molecular complexity index is 1250. The van der Waals surface area contributed by atoms with Gasteiger partial charge in [0.25, 0.3) is 0 Å². The van der Waals surface area contributed by atoms with Crippen molar-refractivity contribution in [1.82, 2.24) is 4.98 Å². The van der Waals surface area contributed by atoms with Gasteiger partial charge in [0.15, 0.2) is 12.0 Å². The van der Waals surface area contributed by atoms with Gasteiger partial charge in [-0.15, -0.1) is 0 Å². The van der Waals surface area contributed by atoms with Crippen LogP contribution in [-0.2, 0) is 11.3 Å². The van der Waals surface area contributed by atoms with Crippen LogP contribution in [0.25, 0.3) is 22.7 Å². The van der Waals surface area contributed by atoms with Crippen molar-refractivity contribution in [2.75, 3.05) is 0 Å². The number of aromatic nitrogens is 1. The van der Waals surface area contributed by atoms with E-state index in [9.17, 15) is 0 Å². The first kappa shape index (κ1) is 20.4. The molecule has 4 rings (SSSR count). The number of hydrogen-bond donors (Lipinski definition) is 2. The molecule has 0 saturated carbocycles. The van der Waals surface area contributed by atoms with Gasteiger partial charge in [0.05, 0.1) is 12.0 Å². The number of nitrogens with zero attached hydrogens (tertiary/aromatic N) is 1. The van der Waals surface area contributed by atoms with E-state index < -0.39 is 0 Å². The van der Waals surface area contributed by atoms with E-state index in [2.05, 4.69) is 4.98 Å². The van der Waals surface area contributed by atoms with Crippen LogP contribution in [0.15, 0.2) is 77.4 Å². The van der Waals surface area contributed by atoms with Crippen molar-refractivity contribution >= 4 is 46.6 Å². The Morgan fingerprint density at radius 1 is 1.00 bits per heavy atom. The highest BCUT2D eigenvalue weighted by atomic mass is 35.5. The SMILES string of the molecule is N=COC(=N)C(=Cc1ccc(Cl)cc1)c1ccc(OCc2ccc3occc3n2)cc1. The fraction of sp³-hybridized carbons (Fsp3) is 0.0417. The van der Waals surface area contributed by atoms with Gasteiger partial charge in [-0.2, -0.15) is 0 Å². The summed E-state index contributed by atoms with van der Waals surface area (Å²) >= 11 is 5.95. The second-order valence-corrected chi connectivity index (χ2v) is 7.03. The number of ether oxygens (including phenoxy) is 2. The van der Waals surface area contributed by atoms with Crippen LogP contribution in [0.1, 0.15) is 16.8 Å². The van der Waals surface area contributed by atoms with E-state index in [-0.39, 0.29) is 5.90 Å². The molecule has 0 aliphatic rings. The number of pyridine rings is 1. The average molecular weight is 432 g/mol. The van der Waals surface area contributed by atoms with Crippen LogP contribution in [0, 0.1) is 10.8 Å². The third-order valence-electron chi connectivity index (χ3n) is 4.52. The highest BCUT2D eigenvalue weighted by molar-refractivity contribution is 6.30. The molecule has 2 aromatic carbocycles. The summed E-state index contributed by atoms with van der Waals surface area (Å²) in [5, 5.41) is 15.9. The van der Waals surface area contributed by atoms with Gasteiger partial charge in [0.1, 0.15) is 17.9 Å². The first-order valence-corrected chi connectivity index (χ1v) is 9.78. The maximum absolute atomic E-state index is 8.16. The summed E-state index contributed by atoms with van der Waals surface area (Å²) in [6, 6.07) is 20.1. The van der Waals surface area contributed by atoms with E-state index >= 15 is 0 Å².